The first-order chi connectivity index (χ1) is 9.11. The quantitative estimate of drug-likeness (QED) is 0.665. The van der Waals surface area contributed by atoms with Gasteiger partial charge in [-0.1, -0.05) is 0 Å². The van der Waals surface area contributed by atoms with Gasteiger partial charge in [0.1, 0.15) is 18.2 Å². The van der Waals surface area contributed by atoms with Crippen molar-refractivity contribution in [3.8, 4) is 0 Å². The number of hydrogen-bond acceptors (Lipinski definition) is 6. The maximum absolute atomic E-state index is 5.71. The molecule has 0 aromatic carbocycles. The Balaban J connectivity index is 2.28. The summed E-state index contributed by atoms with van der Waals surface area (Å²) in [6.45, 7) is 6.07. The summed E-state index contributed by atoms with van der Waals surface area (Å²) in [7, 11) is 1.61. The zero-order valence-corrected chi connectivity index (χ0v) is 12.0. The van der Waals surface area contributed by atoms with Crippen LogP contribution in [0.3, 0.4) is 0 Å². The van der Waals surface area contributed by atoms with Crippen molar-refractivity contribution in [3.05, 3.63) is 11.9 Å². The first-order valence-corrected chi connectivity index (χ1v) is 6.59. The lowest BCUT2D eigenvalue weighted by Gasteiger charge is -2.09. The molecular formula is C13H24N4O2. The minimum absolute atomic E-state index is 0.297. The maximum atomic E-state index is 5.71. The van der Waals surface area contributed by atoms with Gasteiger partial charge in [-0.25, -0.2) is 9.97 Å². The van der Waals surface area contributed by atoms with Crippen LogP contribution < -0.4 is 11.1 Å². The van der Waals surface area contributed by atoms with Crippen LogP contribution in [0.1, 0.15) is 32.5 Å². The van der Waals surface area contributed by atoms with E-state index in [9.17, 15) is 0 Å². The Kier molecular flexibility index (Phi) is 7.14. The van der Waals surface area contributed by atoms with Gasteiger partial charge in [-0.05, 0) is 26.7 Å². The first kappa shape index (κ1) is 15.7. The summed E-state index contributed by atoms with van der Waals surface area (Å²) in [4.78, 5) is 8.39. The molecule has 0 saturated heterocycles. The molecular weight excluding hydrogens is 244 g/mol. The second kappa shape index (κ2) is 8.66. The van der Waals surface area contributed by atoms with Crippen LogP contribution in [-0.2, 0) is 16.1 Å². The highest BCUT2D eigenvalue weighted by atomic mass is 16.5. The summed E-state index contributed by atoms with van der Waals surface area (Å²) in [6.07, 6.45) is 2.35. The Morgan fingerprint density at radius 1 is 1.32 bits per heavy atom. The molecule has 0 unspecified atom stereocenters. The molecule has 1 rings (SSSR count). The van der Waals surface area contributed by atoms with Crippen LogP contribution >= 0.6 is 0 Å². The van der Waals surface area contributed by atoms with Gasteiger partial charge in [0.25, 0.3) is 0 Å². The van der Waals surface area contributed by atoms with E-state index in [1.54, 1.807) is 13.2 Å². The number of methoxy groups -OCH3 is 1. The van der Waals surface area contributed by atoms with Crippen LogP contribution in [0.15, 0.2) is 6.07 Å². The fraction of sp³-hybridized carbons (Fsp3) is 0.692. The van der Waals surface area contributed by atoms with Gasteiger partial charge >= 0.3 is 0 Å². The maximum Gasteiger partial charge on any atom is 0.158 e. The molecule has 1 aromatic rings. The van der Waals surface area contributed by atoms with E-state index in [1.165, 1.54) is 0 Å². The molecule has 1 heterocycles. The van der Waals surface area contributed by atoms with Crippen LogP contribution in [0, 0.1) is 0 Å². The van der Waals surface area contributed by atoms with E-state index < -0.39 is 0 Å². The van der Waals surface area contributed by atoms with Gasteiger partial charge in [-0.2, -0.15) is 0 Å². The van der Waals surface area contributed by atoms with Crippen molar-refractivity contribution >= 4 is 11.6 Å². The minimum atomic E-state index is 0.297. The van der Waals surface area contributed by atoms with Gasteiger partial charge in [-0.15, -0.1) is 0 Å². The summed E-state index contributed by atoms with van der Waals surface area (Å²) in [6, 6.07) is 1.73. The molecule has 0 aliphatic rings. The van der Waals surface area contributed by atoms with E-state index in [0.29, 0.717) is 24.4 Å². The van der Waals surface area contributed by atoms with E-state index >= 15 is 0 Å². The number of unbranched alkanes of at least 4 members (excludes halogenated alkanes) is 1. The fourth-order valence-corrected chi connectivity index (χ4v) is 1.56. The Bertz CT molecular complexity index is 372. The highest BCUT2D eigenvalue weighted by molar-refractivity contribution is 5.44. The number of nitrogen functional groups attached to an aromatic ring is 1. The van der Waals surface area contributed by atoms with Crippen molar-refractivity contribution < 1.29 is 9.47 Å². The van der Waals surface area contributed by atoms with E-state index in [1.807, 2.05) is 13.8 Å². The highest BCUT2D eigenvalue weighted by Gasteiger charge is 2.02. The molecule has 0 aliphatic carbocycles. The van der Waals surface area contributed by atoms with Gasteiger partial charge in [-0.3, -0.25) is 0 Å². The number of aromatic nitrogens is 2. The zero-order chi connectivity index (χ0) is 14.1. The van der Waals surface area contributed by atoms with Crippen LogP contribution in [0.25, 0.3) is 0 Å². The number of nitrogens with one attached hydrogen (secondary N) is 1. The number of rotatable bonds is 9. The third kappa shape index (κ3) is 6.93. The van der Waals surface area contributed by atoms with Gasteiger partial charge in [0.15, 0.2) is 5.82 Å². The molecule has 3 N–H and O–H groups in total. The smallest absolute Gasteiger partial charge is 0.158 e. The largest absolute Gasteiger partial charge is 0.384 e. The molecule has 0 fully saturated rings. The predicted molar refractivity (Wildman–Crippen MR) is 76.0 cm³/mol. The summed E-state index contributed by atoms with van der Waals surface area (Å²) in [5.41, 5.74) is 5.71. The van der Waals surface area contributed by atoms with Crippen molar-refractivity contribution in [2.75, 3.05) is 31.3 Å². The highest BCUT2D eigenvalue weighted by Crippen LogP contribution is 2.09. The molecule has 0 radical (unpaired) electrons. The number of nitrogens with two attached hydrogens (primary N) is 1. The standard InChI is InChI=1S/C13H24N4O2/c1-10(2)19-7-5-4-6-15-12-8-11(14)16-13(17-12)9-18-3/h8,10H,4-7,9H2,1-3H3,(H3,14,15,16,17). The number of nitrogens with zero attached hydrogens (tertiary/aromatic N) is 2. The van der Waals surface area contributed by atoms with Crippen molar-refractivity contribution in [2.24, 2.45) is 0 Å². The third-order valence-electron chi connectivity index (χ3n) is 2.39. The Labute approximate surface area is 114 Å². The van der Waals surface area contributed by atoms with Crippen molar-refractivity contribution in [2.45, 2.75) is 39.4 Å². The average Bonchev–Trinajstić information content (AvgIpc) is 2.33. The number of anilines is 2. The lowest BCUT2D eigenvalue weighted by Crippen LogP contribution is -2.10. The summed E-state index contributed by atoms with van der Waals surface area (Å²) in [5.74, 6) is 1.78. The van der Waals surface area contributed by atoms with Crippen molar-refractivity contribution in [1.29, 1.82) is 0 Å². The molecule has 19 heavy (non-hydrogen) atoms. The van der Waals surface area contributed by atoms with Gasteiger partial charge in [0.05, 0.1) is 6.10 Å². The predicted octanol–water partition coefficient (Wildman–Crippen LogP) is 1.82. The second-order valence-electron chi connectivity index (χ2n) is 4.58. The van der Waals surface area contributed by atoms with Crippen LogP contribution in [0.2, 0.25) is 0 Å². The zero-order valence-electron chi connectivity index (χ0n) is 12.0. The Morgan fingerprint density at radius 3 is 2.79 bits per heavy atom. The number of hydrogen-bond donors (Lipinski definition) is 2. The second-order valence-corrected chi connectivity index (χ2v) is 4.58. The molecule has 1 aromatic heterocycles. The minimum Gasteiger partial charge on any atom is -0.384 e. The molecule has 0 spiro atoms. The average molecular weight is 268 g/mol. The normalized spacial score (nSPS) is 10.9. The molecule has 0 bridgehead atoms. The fourth-order valence-electron chi connectivity index (χ4n) is 1.56. The number of ether oxygens (including phenoxy) is 2. The van der Waals surface area contributed by atoms with E-state index in [2.05, 4.69) is 15.3 Å². The molecule has 6 nitrogen and oxygen atoms in total. The van der Waals surface area contributed by atoms with Gasteiger partial charge in [0, 0.05) is 26.3 Å². The molecule has 0 atom stereocenters. The summed E-state index contributed by atoms with van der Waals surface area (Å²) >= 11 is 0. The van der Waals surface area contributed by atoms with Gasteiger partial charge < -0.3 is 20.5 Å². The summed E-state index contributed by atoms with van der Waals surface area (Å²) in [5, 5.41) is 3.23. The Hall–Kier alpha value is -1.40. The molecule has 108 valence electrons. The van der Waals surface area contributed by atoms with Crippen molar-refractivity contribution in [1.82, 2.24) is 9.97 Å². The lowest BCUT2D eigenvalue weighted by atomic mass is 10.3. The molecule has 0 saturated carbocycles. The van der Waals surface area contributed by atoms with E-state index in [4.69, 9.17) is 15.2 Å². The van der Waals surface area contributed by atoms with Crippen LogP contribution in [0.4, 0.5) is 11.6 Å². The SMILES string of the molecule is COCc1nc(N)cc(NCCCCOC(C)C)n1. The molecule has 0 aliphatic heterocycles. The monoisotopic (exact) mass is 268 g/mol. The third-order valence-corrected chi connectivity index (χ3v) is 2.39. The molecule has 0 amide bonds. The van der Waals surface area contributed by atoms with Crippen molar-refractivity contribution in [3.63, 3.8) is 0 Å². The lowest BCUT2D eigenvalue weighted by molar-refractivity contribution is 0.0765. The van der Waals surface area contributed by atoms with E-state index in [0.717, 1.165) is 31.8 Å². The first-order valence-electron chi connectivity index (χ1n) is 6.59. The van der Waals surface area contributed by atoms with E-state index in [-0.39, 0.29) is 0 Å². The van der Waals surface area contributed by atoms with Crippen LogP contribution in [0.5, 0.6) is 0 Å². The Morgan fingerprint density at radius 2 is 2.11 bits per heavy atom. The summed E-state index contributed by atoms with van der Waals surface area (Å²) < 4.78 is 10.5. The molecule has 6 heteroatoms. The van der Waals surface area contributed by atoms with Gasteiger partial charge in [0.2, 0.25) is 0 Å². The topological polar surface area (TPSA) is 82.3 Å². The van der Waals surface area contributed by atoms with Crippen LogP contribution in [-0.4, -0.2) is 36.3 Å².